The zero-order valence-electron chi connectivity index (χ0n) is 8.42. The van der Waals surface area contributed by atoms with E-state index in [1.54, 1.807) is 0 Å². The Morgan fingerprint density at radius 1 is 1.62 bits per heavy atom. The second-order valence-electron chi connectivity index (χ2n) is 3.45. The minimum atomic E-state index is 0.0314. The van der Waals surface area contributed by atoms with Crippen LogP contribution in [0.5, 0.6) is 0 Å². The summed E-state index contributed by atoms with van der Waals surface area (Å²) in [6, 6.07) is 0.316. The van der Waals surface area contributed by atoms with Crippen LogP contribution < -0.4 is 10.9 Å². The second-order valence-corrected chi connectivity index (χ2v) is 3.45. The summed E-state index contributed by atoms with van der Waals surface area (Å²) in [6.45, 7) is 4.92. The number of hydrogen-bond acceptors (Lipinski definition) is 2. The summed E-state index contributed by atoms with van der Waals surface area (Å²) in [4.78, 5) is 11.3. The van der Waals surface area contributed by atoms with E-state index in [-0.39, 0.29) is 5.56 Å². The van der Waals surface area contributed by atoms with Crippen LogP contribution in [0.4, 0.5) is 0 Å². The number of aromatic amines is 1. The number of aromatic nitrogens is 2. The van der Waals surface area contributed by atoms with Gasteiger partial charge in [-0.05, 0) is 33.9 Å². The zero-order chi connectivity index (χ0) is 9.84. The van der Waals surface area contributed by atoms with Crippen LogP contribution in [0.3, 0.4) is 0 Å². The van der Waals surface area contributed by atoms with Crippen molar-refractivity contribution in [1.29, 1.82) is 0 Å². The highest BCUT2D eigenvalue weighted by molar-refractivity contribution is 5.05. The second kappa shape index (κ2) is 4.28. The molecule has 0 aliphatic heterocycles. The lowest BCUT2D eigenvalue weighted by Gasteiger charge is -2.04. The predicted molar refractivity (Wildman–Crippen MR) is 53.1 cm³/mol. The molecule has 0 spiro atoms. The van der Waals surface area contributed by atoms with Gasteiger partial charge in [-0.2, -0.15) is 0 Å². The molecule has 1 aromatic heterocycles. The van der Waals surface area contributed by atoms with E-state index in [0.29, 0.717) is 6.04 Å². The first-order valence-electron chi connectivity index (χ1n) is 4.59. The van der Waals surface area contributed by atoms with Gasteiger partial charge in [-0.25, -0.2) is 0 Å². The van der Waals surface area contributed by atoms with E-state index in [4.69, 9.17) is 0 Å². The van der Waals surface area contributed by atoms with Crippen molar-refractivity contribution in [3.05, 3.63) is 22.1 Å². The van der Waals surface area contributed by atoms with E-state index in [1.165, 1.54) is 0 Å². The molecule has 74 valence electrons. The predicted octanol–water partition coefficient (Wildman–Crippen LogP) is 0.519. The van der Waals surface area contributed by atoms with Gasteiger partial charge < -0.3 is 5.32 Å². The average Bonchev–Trinajstić information content (AvgIpc) is 2.44. The highest BCUT2D eigenvalue weighted by Crippen LogP contribution is 2.01. The number of nitrogens with one attached hydrogen (secondary N) is 2. The molecule has 4 heteroatoms. The van der Waals surface area contributed by atoms with Gasteiger partial charge >= 0.3 is 0 Å². The molecule has 0 aliphatic carbocycles. The minimum Gasteiger partial charge on any atom is -0.319 e. The van der Waals surface area contributed by atoms with Crippen LogP contribution >= 0.6 is 0 Å². The molecule has 1 rings (SSSR count). The Labute approximate surface area is 77.9 Å². The molecule has 2 N–H and O–H groups in total. The lowest BCUT2D eigenvalue weighted by atomic mass is 10.2. The quantitative estimate of drug-likeness (QED) is 0.715. The Bertz CT molecular complexity index is 311. The fourth-order valence-corrected chi connectivity index (χ4v) is 1.16. The number of H-pyrrole nitrogens is 1. The molecule has 1 aromatic rings. The maximum Gasteiger partial charge on any atom is 0.267 e. The summed E-state index contributed by atoms with van der Waals surface area (Å²) in [5.74, 6) is 0. The van der Waals surface area contributed by atoms with Gasteiger partial charge in [0.1, 0.15) is 0 Å². The molecule has 0 saturated carbocycles. The van der Waals surface area contributed by atoms with Crippen LogP contribution in [-0.2, 0) is 6.42 Å². The normalized spacial score (nSPS) is 11.1. The Balaban J connectivity index is 2.78. The van der Waals surface area contributed by atoms with Gasteiger partial charge in [0.15, 0.2) is 0 Å². The van der Waals surface area contributed by atoms with Crippen molar-refractivity contribution >= 4 is 0 Å². The number of likely N-dealkylation sites (N-methyl/N-ethyl adjacent to an activating group) is 1. The topological polar surface area (TPSA) is 49.8 Å². The molecule has 0 bridgehead atoms. The SMILES string of the molecule is CNCCc1cn(C(C)C)[nH]c1=O. The standard InChI is InChI=1S/C9H17N3O/c1-7(2)12-6-8(4-5-10-3)9(13)11-12/h6-7,10H,4-5H2,1-3H3,(H,11,13). The van der Waals surface area contributed by atoms with E-state index in [9.17, 15) is 4.79 Å². The van der Waals surface area contributed by atoms with Crippen molar-refractivity contribution in [2.75, 3.05) is 13.6 Å². The smallest absolute Gasteiger partial charge is 0.267 e. The average molecular weight is 183 g/mol. The third kappa shape index (κ3) is 2.45. The van der Waals surface area contributed by atoms with Crippen LogP contribution in [-0.4, -0.2) is 23.4 Å². The first-order valence-corrected chi connectivity index (χ1v) is 4.59. The largest absolute Gasteiger partial charge is 0.319 e. The van der Waals surface area contributed by atoms with Crippen molar-refractivity contribution in [2.45, 2.75) is 26.3 Å². The molecule has 0 fully saturated rings. The van der Waals surface area contributed by atoms with E-state index in [2.05, 4.69) is 10.4 Å². The fraction of sp³-hybridized carbons (Fsp3) is 0.667. The molecule has 1 heterocycles. The Kier molecular flexibility index (Phi) is 3.31. The lowest BCUT2D eigenvalue weighted by Crippen LogP contribution is -2.15. The molecule has 0 radical (unpaired) electrons. The van der Waals surface area contributed by atoms with Crippen LogP contribution in [0.25, 0.3) is 0 Å². The molecule has 0 atom stereocenters. The highest BCUT2D eigenvalue weighted by Gasteiger charge is 2.04. The van der Waals surface area contributed by atoms with Crippen molar-refractivity contribution in [3.63, 3.8) is 0 Å². The van der Waals surface area contributed by atoms with Crippen LogP contribution in [0.2, 0.25) is 0 Å². The summed E-state index contributed by atoms with van der Waals surface area (Å²) < 4.78 is 1.84. The van der Waals surface area contributed by atoms with E-state index in [0.717, 1.165) is 18.5 Å². The van der Waals surface area contributed by atoms with E-state index in [1.807, 2.05) is 31.8 Å². The van der Waals surface area contributed by atoms with Gasteiger partial charge in [0.2, 0.25) is 0 Å². The molecular weight excluding hydrogens is 166 g/mol. The maximum atomic E-state index is 11.3. The van der Waals surface area contributed by atoms with Gasteiger partial charge in [-0.3, -0.25) is 14.6 Å². The Hall–Kier alpha value is -1.03. The van der Waals surface area contributed by atoms with Crippen molar-refractivity contribution in [1.82, 2.24) is 15.1 Å². The van der Waals surface area contributed by atoms with E-state index < -0.39 is 0 Å². The molecule has 13 heavy (non-hydrogen) atoms. The number of rotatable bonds is 4. The summed E-state index contributed by atoms with van der Waals surface area (Å²) in [7, 11) is 1.88. The van der Waals surface area contributed by atoms with Gasteiger partial charge in [-0.1, -0.05) is 0 Å². The van der Waals surface area contributed by atoms with E-state index >= 15 is 0 Å². The molecule has 0 unspecified atom stereocenters. The van der Waals surface area contributed by atoms with Crippen LogP contribution in [0.15, 0.2) is 11.0 Å². The number of nitrogens with zero attached hydrogens (tertiary/aromatic N) is 1. The van der Waals surface area contributed by atoms with Crippen molar-refractivity contribution in [3.8, 4) is 0 Å². The summed E-state index contributed by atoms with van der Waals surface area (Å²) in [5, 5.41) is 5.81. The van der Waals surface area contributed by atoms with Gasteiger partial charge in [-0.15, -0.1) is 0 Å². The Morgan fingerprint density at radius 2 is 2.31 bits per heavy atom. The van der Waals surface area contributed by atoms with Crippen LogP contribution in [0.1, 0.15) is 25.5 Å². The first kappa shape index (κ1) is 10.1. The summed E-state index contributed by atoms with van der Waals surface area (Å²) in [5.41, 5.74) is 0.881. The highest BCUT2D eigenvalue weighted by atomic mass is 16.1. The minimum absolute atomic E-state index is 0.0314. The summed E-state index contributed by atoms with van der Waals surface area (Å²) >= 11 is 0. The monoisotopic (exact) mass is 183 g/mol. The Morgan fingerprint density at radius 3 is 2.77 bits per heavy atom. The molecule has 0 aromatic carbocycles. The summed E-state index contributed by atoms with van der Waals surface area (Å²) in [6.07, 6.45) is 2.68. The first-order chi connectivity index (χ1) is 6.15. The molecule has 0 aliphatic rings. The maximum absolute atomic E-state index is 11.3. The zero-order valence-corrected chi connectivity index (χ0v) is 8.42. The van der Waals surface area contributed by atoms with Crippen LogP contribution in [0, 0.1) is 0 Å². The van der Waals surface area contributed by atoms with Gasteiger partial charge in [0.05, 0.1) is 0 Å². The molecule has 0 amide bonds. The molecule has 4 nitrogen and oxygen atoms in total. The van der Waals surface area contributed by atoms with Crippen molar-refractivity contribution < 1.29 is 0 Å². The lowest BCUT2D eigenvalue weighted by molar-refractivity contribution is 0.528. The molecule has 0 saturated heterocycles. The number of hydrogen-bond donors (Lipinski definition) is 2. The third-order valence-electron chi connectivity index (χ3n) is 2.02. The molecular formula is C9H17N3O. The van der Waals surface area contributed by atoms with Gasteiger partial charge in [0.25, 0.3) is 5.56 Å². The third-order valence-corrected chi connectivity index (χ3v) is 2.02. The van der Waals surface area contributed by atoms with Crippen molar-refractivity contribution in [2.24, 2.45) is 0 Å². The fourth-order valence-electron chi connectivity index (χ4n) is 1.16. The van der Waals surface area contributed by atoms with Gasteiger partial charge in [0, 0.05) is 17.8 Å².